The molecule has 0 bridgehead atoms. The highest BCUT2D eigenvalue weighted by Crippen LogP contribution is 2.34. The van der Waals surface area contributed by atoms with Crippen LogP contribution < -0.4 is 11.1 Å². The fourth-order valence-corrected chi connectivity index (χ4v) is 1.97. The molecule has 0 aliphatic heterocycles. The molecule has 0 fully saturated rings. The van der Waals surface area contributed by atoms with Crippen LogP contribution in [0.2, 0.25) is 0 Å². The van der Waals surface area contributed by atoms with E-state index >= 15 is 0 Å². The van der Waals surface area contributed by atoms with E-state index in [2.05, 4.69) is 31.4 Å². The van der Waals surface area contributed by atoms with Gasteiger partial charge in [-0.15, -0.1) is 5.10 Å². The first-order chi connectivity index (χ1) is 9.38. The van der Waals surface area contributed by atoms with Crippen molar-refractivity contribution in [3.63, 3.8) is 0 Å². The van der Waals surface area contributed by atoms with Gasteiger partial charge in [-0.1, -0.05) is 21.0 Å². The fourth-order valence-electron chi connectivity index (χ4n) is 1.48. The molecule has 20 heavy (non-hydrogen) atoms. The van der Waals surface area contributed by atoms with Crippen molar-refractivity contribution in [3.05, 3.63) is 34.1 Å². The summed E-state index contributed by atoms with van der Waals surface area (Å²) in [5.74, 6) is 0.320. The zero-order chi connectivity index (χ0) is 14.8. The lowest BCUT2D eigenvalue weighted by atomic mass is 10.2. The van der Waals surface area contributed by atoms with Crippen molar-refractivity contribution in [2.75, 3.05) is 11.9 Å². The van der Waals surface area contributed by atoms with Crippen LogP contribution in [0.4, 0.5) is 24.9 Å². The lowest BCUT2D eigenvalue weighted by Gasteiger charge is -2.09. The van der Waals surface area contributed by atoms with E-state index in [9.17, 15) is 13.2 Å². The van der Waals surface area contributed by atoms with Crippen LogP contribution >= 0.6 is 15.9 Å². The molecular weight excluding hydrogens is 341 g/mol. The summed E-state index contributed by atoms with van der Waals surface area (Å²) in [4.78, 5) is 0. The van der Waals surface area contributed by atoms with E-state index in [1.165, 1.54) is 6.07 Å². The molecule has 0 unspecified atom stereocenters. The SMILES string of the molecule is NCCc1nnc(Nc2cc(Br)cc(C(F)(F)F)c2)o1. The van der Waals surface area contributed by atoms with Crippen molar-refractivity contribution < 1.29 is 17.6 Å². The zero-order valence-corrected chi connectivity index (χ0v) is 11.6. The van der Waals surface area contributed by atoms with Gasteiger partial charge >= 0.3 is 12.2 Å². The summed E-state index contributed by atoms with van der Waals surface area (Å²) in [6, 6.07) is 3.43. The van der Waals surface area contributed by atoms with Gasteiger partial charge < -0.3 is 15.5 Å². The summed E-state index contributed by atoms with van der Waals surface area (Å²) in [6.07, 6.45) is -4.03. The Balaban J connectivity index is 2.22. The maximum Gasteiger partial charge on any atom is 0.416 e. The number of nitrogens with one attached hydrogen (secondary N) is 1. The van der Waals surface area contributed by atoms with Crippen LogP contribution in [0.3, 0.4) is 0 Å². The van der Waals surface area contributed by atoms with Gasteiger partial charge in [-0.2, -0.15) is 13.2 Å². The van der Waals surface area contributed by atoms with E-state index in [-0.39, 0.29) is 16.2 Å². The topological polar surface area (TPSA) is 77.0 Å². The quantitative estimate of drug-likeness (QED) is 0.885. The molecule has 0 spiro atoms. The molecule has 0 saturated carbocycles. The number of hydrogen-bond donors (Lipinski definition) is 2. The maximum absolute atomic E-state index is 12.7. The average Bonchev–Trinajstić information content (AvgIpc) is 2.75. The van der Waals surface area contributed by atoms with Gasteiger partial charge in [-0.25, -0.2) is 0 Å². The van der Waals surface area contributed by atoms with Gasteiger partial charge in [-0.3, -0.25) is 0 Å². The molecule has 2 rings (SSSR count). The predicted octanol–water partition coefficient (Wildman–Crippen LogP) is 3.10. The van der Waals surface area contributed by atoms with Crippen molar-refractivity contribution in [1.82, 2.24) is 10.2 Å². The lowest BCUT2D eigenvalue weighted by Crippen LogP contribution is -2.05. The highest BCUT2D eigenvalue weighted by Gasteiger charge is 2.31. The average molecular weight is 351 g/mol. The Labute approximate surface area is 120 Å². The van der Waals surface area contributed by atoms with Crippen molar-refractivity contribution in [3.8, 4) is 0 Å². The highest BCUT2D eigenvalue weighted by molar-refractivity contribution is 9.10. The molecule has 1 aromatic carbocycles. The van der Waals surface area contributed by atoms with E-state index in [0.717, 1.165) is 12.1 Å². The zero-order valence-electron chi connectivity index (χ0n) is 10.0. The predicted molar refractivity (Wildman–Crippen MR) is 69.5 cm³/mol. The maximum atomic E-state index is 12.7. The number of rotatable bonds is 4. The van der Waals surface area contributed by atoms with Crippen LogP contribution in [-0.2, 0) is 12.6 Å². The van der Waals surface area contributed by atoms with Gasteiger partial charge in [0, 0.05) is 23.1 Å². The minimum Gasteiger partial charge on any atom is -0.408 e. The fraction of sp³-hybridized carbons (Fsp3) is 0.273. The van der Waals surface area contributed by atoms with E-state index in [1.54, 1.807) is 0 Å². The Kier molecular flexibility index (Phi) is 4.29. The van der Waals surface area contributed by atoms with E-state index in [4.69, 9.17) is 10.2 Å². The molecule has 0 atom stereocenters. The van der Waals surface area contributed by atoms with Crippen LogP contribution in [-0.4, -0.2) is 16.7 Å². The summed E-state index contributed by atoms with van der Waals surface area (Å²) >= 11 is 3.03. The number of anilines is 2. The van der Waals surface area contributed by atoms with Gasteiger partial charge in [0.2, 0.25) is 5.89 Å². The molecule has 0 aliphatic carbocycles. The van der Waals surface area contributed by atoms with Crippen LogP contribution in [0.25, 0.3) is 0 Å². The standard InChI is InChI=1S/C11H10BrF3N4O/c12-7-3-6(11(13,14)15)4-8(5-7)17-10-19-18-9(20-10)1-2-16/h3-5H,1-2,16H2,(H,17,19). The summed E-state index contributed by atoms with van der Waals surface area (Å²) in [5.41, 5.74) is 4.74. The van der Waals surface area contributed by atoms with Crippen LogP contribution in [0.15, 0.2) is 27.1 Å². The van der Waals surface area contributed by atoms with E-state index < -0.39 is 11.7 Å². The molecule has 0 aliphatic rings. The first-order valence-corrected chi connectivity index (χ1v) is 6.35. The Morgan fingerprint density at radius 2 is 2.00 bits per heavy atom. The van der Waals surface area contributed by atoms with Crippen LogP contribution in [0.5, 0.6) is 0 Å². The smallest absolute Gasteiger partial charge is 0.408 e. The summed E-state index contributed by atoms with van der Waals surface area (Å²) in [6.45, 7) is 0.344. The van der Waals surface area contributed by atoms with Gasteiger partial charge in [0.05, 0.1) is 5.56 Å². The van der Waals surface area contributed by atoms with Crippen molar-refractivity contribution >= 4 is 27.6 Å². The molecule has 1 aromatic heterocycles. The van der Waals surface area contributed by atoms with Gasteiger partial charge in [0.1, 0.15) is 0 Å². The molecule has 9 heteroatoms. The van der Waals surface area contributed by atoms with Gasteiger partial charge in [-0.05, 0) is 18.2 Å². The monoisotopic (exact) mass is 350 g/mol. The number of alkyl halides is 3. The third-order valence-corrected chi connectivity index (χ3v) is 2.76. The normalized spacial score (nSPS) is 11.7. The number of nitrogens with zero attached hydrogens (tertiary/aromatic N) is 2. The first kappa shape index (κ1) is 14.8. The minimum atomic E-state index is -4.43. The van der Waals surface area contributed by atoms with Crippen LogP contribution in [0.1, 0.15) is 11.5 Å². The Hall–Kier alpha value is -1.61. The Morgan fingerprint density at radius 1 is 1.25 bits per heavy atom. The largest absolute Gasteiger partial charge is 0.416 e. The Morgan fingerprint density at radius 3 is 2.65 bits per heavy atom. The molecule has 1 heterocycles. The molecular formula is C11H10BrF3N4O. The van der Waals surface area contributed by atoms with Gasteiger partial charge in [0.15, 0.2) is 0 Å². The molecule has 0 amide bonds. The Bertz CT molecular complexity index is 600. The second-order valence-corrected chi connectivity index (χ2v) is 4.81. The number of hydrogen-bond acceptors (Lipinski definition) is 5. The van der Waals surface area contributed by atoms with E-state index in [0.29, 0.717) is 18.9 Å². The highest BCUT2D eigenvalue weighted by atomic mass is 79.9. The van der Waals surface area contributed by atoms with Gasteiger partial charge in [0.25, 0.3) is 0 Å². The molecule has 5 nitrogen and oxygen atoms in total. The van der Waals surface area contributed by atoms with Crippen LogP contribution in [0, 0.1) is 0 Å². The van der Waals surface area contributed by atoms with Crippen molar-refractivity contribution in [2.24, 2.45) is 5.73 Å². The lowest BCUT2D eigenvalue weighted by molar-refractivity contribution is -0.137. The number of halogens is 4. The molecule has 0 radical (unpaired) electrons. The number of aromatic nitrogens is 2. The molecule has 108 valence electrons. The minimum absolute atomic E-state index is 0.0136. The van der Waals surface area contributed by atoms with Crippen molar-refractivity contribution in [2.45, 2.75) is 12.6 Å². The molecule has 3 N–H and O–H groups in total. The second-order valence-electron chi connectivity index (χ2n) is 3.89. The second kappa shape index (κ2) is 5.80. The molecule has 0 saturated heterocycles. The first-order valence-electron chi connectivity index (χ1n) is 5.56. The summed E-state index contributed by atoms with van der Waals surface area (Å²) < 4.78 is 43.5. The third-order valence-electron chi connectivity index (χ3n) is 2.30. The van der Waals surface area contributed by atoms with Crippen molar-refractivity contribution in [1.29, 1.82) is 0 Å². The third kappa shape index (κ3) is 3.70. The van der Waals surface area contributed by atoms with E-state index in [1.807, 2.05) is 0 Å². The summed E-state index contributed by atoms with van der Waals surface area (Å²) in [7, 11) is 0. The summed E-state index contributed by atoms with van der Waals surface area (Å²) in [5, 5.41) is 10.00. The molecule has 2 aromatic rings. The number of benzene rings is 1. The number of nitrogens with two attached hydrogens (primary N) is 1.